The van der Waals surface area contributed by atoms with Crippen LogP contribution in [0.4, 0.5) is 13.2 Å². The highest BCUT2D eigenvalue weighted by Gasteiger charge is 2.34. The van der Waals surface area contributed by atoms with Gasteiger partial charge < -0.3 is 19.5 Å². The molecule has 0 radical (unpaired) electrons. The van der Waals surface area contributed by atoms with E-state index in [0.29, 0.717) is 26.2 Å². The quantitative estimate of drug-likeness (QED) is 0.654. The van der Waals surface area contributed by atoms with Crippen LogP contribution in [-0.2, 0) is 22.2 Å². The van der Waals surface area contributed by atoms with E-state index in [2.05, 4.69) is 4.98 Å². The van der Waals surface area contributed by atoms with Crippen molar-refractivity contribution in [3.63, 3.8) is 0 Å². The molecule has 2 aromatic carbocycles. The molecular weight excluding hydrogens is 423 g/mol. The van der Waals surface area contributed by atoms with E-state index in [1.165, 1.54) is 23.1 Å². The van der Waals surface area contributed by atoms with Crippen LogP contribution in [0, 0.1) is 0 Å². The van der Waals surface area contributed by atoms with Crippen LogP contribution >= 0.6 is 0 Å². The number of H-pyrrole nitrogens is 1. The van der Waals surface area contributed by atoms with Gasteiger partial charge in [0.1, 0.15) is 5.75 Å². The molecule has 2 heterocycles. The Labute approximate surface area is 182 Å². The molecule has 2 amide bonds. The van der Waals surface area contributed by atoms with Gasteiger partial charge in [-0.3, -0.25) is 9.59 Å². The van der Waals surface area contributed by atoms with E-state index in [0.717, 1.165) is 22.5 Å². The molecule has 9 heteroatoms. The van der Waals surface area contributed by atoms with E-state index < -0.39 is 24.3 Å². The number of hydrogen-bond donors (Lipinski definition) is 1. The normalized spacial score (nSPS) is 14.6. The second-order valence-corrected chi connectivity index (χ2v) is 7.58. The van der Waals surface area contributed by atoms with Gasteiger partial charge in [-0.1, -0.05) is 30.3 Å². The molecule has 1 aliphatic heterocycles. The molecule has 0 bridgehead atoms. The molecular formula is C23H22F3N3O3. The molecule has 168 valence electrons. The van der Waals surface area contributed by atoms with Gasteiger partial charge in [-0.15, -0.1) is 0 Å². The minimum atomic E-state index is -4.56. The first kappa shape index (κ1) is 21.7. The van der Waals surface area contributed by atoms with Gasteiger partial charge in [0.05, 0.1) is 12.0 Å². The summed E-state index contributed by atoms with van der Waals surface area (Å²) >= 11 is 0. The van der Waals surface area contributed by atoms with E-state index in [1.807, 2.05) is 30.5 Å². The van der Waals surface area contributed by atoms with Crippen molar-refractivity contribution in [2.45, 2.75) is 12.6 Å². The van der Waals surface area contributed by atoms with Gasteiger partial charge in [0.2, 0.25) is 5.91 Å². The molecule has 1 saturated heterocycles. The Hall–Kier alpha value is -3.49. The average Bonchev–Trinajstić information content (AvgIpc) is 3.20. The first-order valence-corrected chi connectivity index (χ1v) is 10.2. The number of carbonyl (C=O) groups is 2. The fourth-order valence-corrected chi connectivity index (χ4v) is 3.82. The number of rotatable bonds is 5. The maximum absolute atomic E-state index is 13.1. The number of halogens is 3. The van der Waals surface area contributed by atoms with Crippen LogP contribution in [-0.4, -0.2) is 59.4 Å². The van der Waals surface area contributed by atoms with Crippen LogP contribution in [0.2, 0.25) is 0 Å². The van der Waals surface area contributed by atoms with Crippen molar-refractivity contribution >= 4 is 22.7 Å². The number of benzene rings is 2. The third-order valence-electron chi connectivity index (χ3n) is 5.55. The maximum atomic E-state index is 13.1. The first-order valence-electron chi connectivity index (χ1n) is 10.2. The Kier molecular flexibility index (Phi) is 6.07. The van der Waals surface area contributed by atoms with Crippen molar-refractivity contribution in [2.75, 3.05) is 32.8 Å². The lowest BCUT2D eigenvalue weighted by Gasteiger charge is -2.34. The molecule has 0 atom stereocenters. The van der Waals surface area contributed by atoms with Crippen LogP contribution in [0.15, 0.2) is 54.7 Å². The molecule has 1 N–H and O–H groups in total. The van der Waals surface area contributed by atoms with Gasteiger partial charge in [-0.05, 0) is 23.8 Å². The predicted molar refractivity (Wildman–Crippen MR) is 112 cm³/mol. The average molecular weight is 445 g/mol. The van der Waals surface area contributed by atoms with Crippen LogP contribution in [0.25, 0.3) is 10.9 Å². The molecule has 1 fully saturated rings. The highest BCUT2D eigenvalue weighted by molar-refractivity contribution is 5.89. The fourth-order valence-electron chi connectivity index (χ4n) is 3.82. The first-order chi connectivity index (χ1) is 15.3. The summed E-state index contributed by atoms with van der Waals surface area (Å²) in [6, 6.07) is 12.5. The fraction of sp³-hybridized carbons (Fsp3) is 0.304. The highest BCUT2D eigenvalue weighted by Crippen LogP contribution is 2.35. The number of ether oxygens (including phenoxy) is 1. The topological polar surface area (TPSA) is 65.6 Å². The number of para-hydroxylation sites is 2. The number of carbonyl (C=O) groups excluding carboxylic acids is 2. The molecule has 0 spiro atoms. The van der Waals surface area contributed by atoms with Gasteiger partial charge in [-0.2, -0.15) is 13.2 Å². The van der Waals surface area contributed by atoms with Crippen molar-refractivity contribution in [3.05, 3.63) is 65.9 Å². The van der Waals surface area contributed by atoms with Crippen molar-refractivity contribution in [1.29, 1.82) is 0 Å². The van der Waals surface area contributed by atoms with Gasteiger partial charge >= 0.3 is 6.18 Å². The number of aromatic amines is 1. The zero-order valence-electron chi connectivity index (χ0n) is 17.2. The number of alkyl halides is 3. The molecule has 3 aromatic rings. The van der Waals surface area contributed by atoms with Crippen LogP contribution in [0.1, 0.15) is 11.1 Å². The summed E-state index contributed by atoms with van der Waals surface area (Å²) in [5.74, 6) is -0.816. The lowest BCUT2D eigenvalue weighted by molar-refractivity contribution is -0.142. The Morgan fingerprint density at radius 3 is 2.25 bits per heavy atom. The Morgan fingerprint density at radius 1 is 0.906 bits per heavy atom. The third-order valence-corrected chi connectivity index (χ3v) is 5.55. The van der Waals surface area contributed by atoms with Crippen LogP contribution < -0.4 is 4.74 Å². The summed E-state index contributed by atoms with van der Waals surface area (Å²) in [5, 5.41) is 1.01. The number of aromatic nitrogens is 1. The molecule has 0 saturated carbocycles. The molecule has 32 heavy (non-hydrogen) atoms. The number of fused-ring (bicyclic) bond motifs is 1. The van der Waals surface area contributed by atoms with Crippen molar-refractivity contribution in [2.24, 2.45) is 0 Å². The highest BCUT2D eigenvalue weighted by atomic mass is 19.4. The maximum Gasteiger partial charge on any atom is 0.419 e. The Morgan fingerprint density at radius 2 is 1.53 bits per heavy atom. The lowest BCUT2D eigenvalue weighted by Crippen LogP contribution is -2.52. The molecule has 4 rings (SSSR count). The SMILES string of the molecule is O=C(COc1ccccc1C(F)(F)F)N1CCN(C(=O)Cc2c[nH]c3ccccc23)CC1. The smallest absolute Gasteiger partial charge is 0.419 e. The van der Waals surface area contributed by atoms with Crippen molar-refractivity contribution in [1.82, 2.24) is 14.8 Å². The minimum Gasteiger partial charge on any atom is -0.483 e. The van der Waals surface area contributed by atoms with Gasteiger partial charge in [0.25, 0.3) is 5.91 Å². The Balaban J connectivity index is 1.29. The molecule has 6 nitrogen and oxygen atoms in total. The van der Waals surface area contributed by atoms with Gasteiger partial charge in [0.15, 0.2) is 6.61 Å². The van der Waals surface area contributed by atoms with Gasteiger partial charge in [0, 0.05) is 43.3 Å². The van der Waals surface area contributed by atoms with Crippen molar-refractivity contribution < 1.29 is 27.5 Å². The number of nitrogens with zero attached hydrogens (tertiary/aromatic N) is 2. The zero-order chi connectivity index (χ0) is 22.7. The number of nitrogens with one attached hydrogen (secondary N) is 1. The Bertz CT molecular complexity index is 1120. The van der Waals surface area contributed by atoms with Gasteiger partial charge in [-0.25, -0.2) is 0 Å². The van der Waals surface area contributed by atoms with E-state index in [-0.39, 0.29) is 18.1 Å². The minimum absolute atomic E-state index is 0.0304. The lowest BCUT2D eigenvalue weighted by atomic mass is 10.1. The molecule has 0 unspecified atom stereocenters. The number of amides is 2. The van der Waals surface area contributed by atoms with E-state index in [9.17, 15) is 22.8 Å². The standard InChI is InChI=1S/C23H22F3N3O3/c24-23(25,26)18-6-2-4-8-20(18)32-15-22(31)29-11-9-28(10-12-29)21(30)13-16-14-27-19-7-3-1-5-17(16)19/h1-8,14,27H,9-13,15H2. The second kappa shape index (κ2) is 8.94. The summed E-state index contributed by atoms with van der Waals surface area (Å²) in [5.41, 5.74) is 0.971. The summed E-state index contributed by atoms with van der Waals surface area (Å²) in [6.07, 6.45) is -2.47. The molecule has 0 aliphatic carbocycles. The summed E-state index contributed by atoms with van der Waals surface area (Å²) in [6.45, 7) is 0.861. The van der Waals surface area contributed by atoms with Crippen molar-refractivity contribution in [3.8, 4) is 5.75 Å². The number of hydrogen-bond acceptors (Lipinski definition) is 3. The third kappa shape index (κ3) is 4.71. The molecule has 1 aliphatic rings. The summed E-state index contributed by atoms with van der Waals surface area (Å²) in [4.78, 5) is 31.5. The second-order valence-electron chi connectivity index (χ2n) is 7.58. The zero-order valence-corrected chi connectivity index (χ0v) is 17.2. The van der Waals surface area contributed by atoms with Crippen LogP contribution in [0.5, 0.6) is 5.75 Å². The largest absolute Gasteiger partial charge is 0.483 e. The van der Waals surface area contributed by atoms with E-state index in [1.54, 1.807) is 4.90 Å². The van der Waals surface area contributed by atoms with Crippen LogP contribution in [0.3, 0.4) is 0 Å². The predicted octanol–water partition coefficient (Wildman–Crippen LogP) is 3.48. The number of piperazine rings is 1. The summed E-state index contributed by atoms with van der Waals surface area (Å²) < 4.78 is 44.3. The van der Waals surface area contributed by atoms with E-state index in [4.69, 9.17) is 4.74 Å². The van der Waals surface area contributed by atoms with E-state index >= 15 is 0 Å². The molecule has 1 aromatic heterocycles. The monoisotopic (exact) mass is 445 g/mol. The summed E-state index contributed by atoms with van der Waals surface area (Å²) in [7, 11) is 0.